The number of ether oxygens (including phenoxy) is 6. The highest BCUT2D eigenvalue weighted by molar-refractivity contribution is 7.77. The van der Waals surface area contributed by atoms with E-state index in [-0.39, 0.29) is 60.2 Å². The number of carbonyl (C=O) groups is 6. The number of ketones is 3. The van der Waals surface area contributed by atoms with Crippen LogP contribution in [0.5, 0.6) is 0 Å². The van der Waals surface area contributed by atoms with Crippen molar-refractivity contribution >= 4 is 61.3 Å². The van der Waals surface area contributed by atoms with Crippen molar-refractivity contribution in [3.05, 3.63) is 71.9 Å². The minimum atomic E-state index is -4.80. The molecule has 1 aromatic rings. The van der Waals surface area contributed by atoms with E-state index in [0.29, 0.717) is 63.4 Å². The number of Topliss-reactive ketones (excluding diaryl/α,β-unsaturated/α-hetero) is 3. The van der Waals surface area contributed by atoms with Crippen LogP contribution >= 0.6 is 15.0 Å². The zero-order chi connectivity index (χ0) is 60.9. The molecule has 458 valence electrons. The van der Waals surface area contributed by atoms with Crippen molar-refractivity contribution in [2.45, 2.75) is 180 Å². The van der Waals surface area contributed by atoms with Crippen LogP contribution in [-0.2, 0) is 61.5 Å². The van der Waals surface area contributed by atoms with E-state index in [2.05, 4.69) is 5.32 Å². The molecule has 21 nitrogen and oxygen atoms in total. The van der Waals surface area contributed by atoms with Gasteiger partial charge >= 0.3 is 19.7 Å². The number of allylic oxidation sites excluding steroid dienone is 6. The van der Waals surface area contributed by atoms with Gasteiger partial charge in [0.2, 0.25) is 13.2 Å². The third-order valence-corrected chi connectivity index (χ3v) is 20.7. The van der Waals surface area contributed by atoms with Gasteiger partial charge in [-0.2, -0.15) is 0 Å². The second-order valence-corrected chi connectivity index (χ2v) is 27.5. The highest BCUT2D eigenvalue weighted by Gasteiger charge is 2.53. The number of amides is 2. The van der Waals surface area contributed by atoms with Crippen LogP contribution in [0.25, 0.3) is 0 Å². The van der Waals surface area contributed by atoms with Crippen LogP contribution in [0, 0.1) is 35.5 Å². The molecule has 23 heteroatoms. The largest absolute Gasteiger partial charge is 0.460 e. The third kappa shape index (κ3) is 18.7. The van der Waals surface area contributed by atoms with E-state index >= 15 is 0 Å². The fraction of sp³-hybridized carbons (Fsp3) is 0.661. The number of piperidine rings is 1. The molecule has 2 amide bonds. The maximum absolute atomic E-state index is 14.6. The first-order valence-corrected chi connectivity index (χ1v) is 32.1. The van der Waals surface area contributed by atoms with Gasteiger partial charge in [0, 0.05) is 69.5 Å². The SMILES string of the molecule is CO[C@H]1CC2CC[C@@H](C)[C@@](O)(O2)C(=O)C(=O)N2CCCC[C@H]2C(=O)O[C@H]([C@H](C)C[C@@H]2CC[C@@H](OC(=O)Nc3ccc(P(=O)(O)CP(=O)(O)O)cc3)[C@H](OC)C2)CC(=O)[C@H](C)/C=C(\C)C(O)[C@@H](OC)C(=O)[C@H](C)C[C@H](C)\C=C/C=C/C=C/1C. The van der Waals surface area contributed by atoms with E-state index in [1.54, 1.807) is 40.9 Å². The number of nitrogens with zero attached hydrogens (tertiary/aromatic N) is 1. The lowest BCUT2D eigenvalue weighted by molar-refractivity contribution is -0.265. The molecule has 0 radical (unpaired) electrons. The second kappa shape index (κ2) is 30.5. The van der Waals surface area contributed by atoms with E-state index in [1.165, 1.54) is 38.5 Å². The fourth-order valence-electron chi connectivity index (χ4n) is 11.6. The molecule has 3 heterocycles. The number of anilines is 1. The van der Waals surface area contributed by atoms with E-state index in [0.717, 1.165) is 10.5 Å². The fourth-order valence-corrected chi connectivity index (χ4v) is 14.9. The predicted molar refractivity (Wildman–Crippen MR) is 306 cm³/mol. The Labute approximate surface area is 482 Å². The lowest BCUT2D eigenvalue weighted by Crippen LogP contribution is -2.61. The molecule has 3 aliphatic heterocycles. The Hall–Kier alpha value is -4.50. The van der Waals surface area contributed by atoms with Gasteiger partial charge in [-0.3, -0.25) is 33.6 Å². The first-order chi connectivity index (χ1) is 38.5. The number of carbonyl (C=O) groups excluding carboxylic acids is 6. The minimum absolute atomic E-state index is 0.0185. The van der Waals surface area contributed by atoms with Gasteiger partial charge in [-0.15, -0.1) is 0 Å². The third-order valence-electron chi connectivity index (χ3n) is 16.6. The van der Waals surface area contributed by atoms with Crippen LogP contribution in [0.1, 0.15) is 126 Å². The minimum Gasteiger partial charge on any atom is -0.460 e. The van der Waals surface area contributed by atoms with Crippen molar-refractivity contribution in [1.82, 2.24) is 4.90 Å². The van der Waals surface area contributed by atoms with Gasteiger partial charge in [-0.05, 0) is 131 Å². The van der Waals surface area contributed by atoms with Crippen molar-refractivity contribution in [3.63, 3.8) is 0 Å². The number of esters is 1. The Morgan fingerprint density at radius 3 is 2.18 bits per heavy atom. The van der Waals surface area contributed by atoms with E-state index in [4.69, 9.17) is 28.4 Å². The highest BCUT2D eigenvalue weighted by atomic mass is 31.2. The van der Waals surface area contributed by atoms with Gasteiger partial charge < -0.3 is 58.2 Å². The second-order valence-electron chi connectivity index (χ2n) is 23.1. The monoisotopic (exact) mass is 1190 g/mol. The molecule has 5 rings (SSSR count). The molecule has 3 unspecified atom stereocenters. The lowest BCUT2D eigenvalue weighted by Gasteiger charge is -2.42. The van der Waals surface area contributed by atoms with Crippen molar-refractivity contribution in [3.8, 4) is 0 Å². The number of hydrogen-bond donors (Lipinski definition) is 6. The summed E-state index contributed by atoms with van der Waals surface area (Å²) in [5.74, 6) is -10.2. The van der Waals surface area contributed by atoms with Crippen LogP contribution in [-0.4, -0.2) is 153 Å². The Kier molecular flexibility index (Phi) is 25.4. The Bertz CT molecular complexity index is 2620. The first-order valence-electron chi connectivity index (χ1n) is 28.5. The summed E-state index contributed by atoms with van der Waals surface area (Å²) < 4.78 is 59.5. The molecule has 6 N–H and O–H groups in total. The molecule has 0 aromatic heterocycles. The van der Waals surface area contributed by atoms with Crippen molar-refractivity contribution in [1.29, 1.82) is 0 Å². The molecule has 1 saturated carbocycles. The topological polar surface area (TPSA) is 308 Å². The number of hydrogen-bond acceptors (Lipinski definition) is 16. The van der Waals surface area contributed by atoms with E-state index in [1.807, 2.05) is 51.2 Å². The number of methoxy groups -OCH3 is 3. The van der Waals surface area contributed by atoms with Crippen molar-refractivity contribution in [2.75, 3.05) is 39.1 Å². The Morgan fingerprint density at radius 1 is 0.841 bits per heavy atom. The number of nitrogens with one attached hydrogen (secondary N) is 1. The zero-order valence-corrected chi connectivity index (χ0v) is 50.8. The van der Waals surface area contributed by atoms with Crippen LogP contribution < -0.4 is 10.6 Å². The molecule has 2 saturated heterocycles. The molecular formula is C59H88N2O19P2. The average Bonchev–Trinajstić information content (AvgIpc) is 3.37. The Balaban J connectivity index is 1.40. The van der Waals surface area contributed by atoms with Crippen LogP contribution in [0.15, 0.2) is 71.9 Å². The highest BCUT2D eigenvalue weighted by Crippen LogP contribution is 2.54. The number of cyclic esters (lactones) is 1. The van der Waals surface area contributed by atoms with Crippen molar-refractivity contribution < 1.29 is 91.2 Å². The van der Waals surface area contributed by atoms with Gasteiger partial charge in [0.1, 0.15) is 42.1 Å². The molecule has 3 fully saturated rings. The maximum Gasteiger partial charge on any atom is 0.411 e. The predicted octanol–water partition coefficient (Wildman–Crippen LogP) is 7.47. The van der Waals surface area contributed by atoms with Crippen LogP contribution in [0.3, 0.4) is 0 Å². The molecular weight excluding hydrogens is 1100 g/mol. The summed E-state index contributed by atoms with van der Waals surface area (Å²) >= 11 is 0. The summed E-state index contributed by atoms with van der Waals surface area (Å²) in [6.07, 6.45) is 8.19. The van der Waals surface area contributed by atoms with Crippen LogP contribution in [0.4, 0.5) is 10.5 Å². The van der Waals surface area contributed by atoms with Gasteiger partial charge in [0.15, 0.2) is 5.78 Å². The number of fused-ring (bicyclic) bond motifs is 3. The summed E-state index contributed by atoms with van der Waals surface area (Å²) in [4.78, 5) is 115. The molecule has 2 bridgehead atoms. The first kappa shape index (κ1) is 68.3. The number of benzene rings is 1. The van der Waals surface area contributed by atoms with Crippen LogP contribution in [0.2, 0.25) is 0 Å². The summed E-state index contributed by atoms with van der Waals surface area (Å²) in [5, 5.41) is 26.0. The van der Waals surface area contributed by atoms with Gasteiger partial charge in [-0.25, -0.2) is 9.59 Å². The normalized spacial score (nSPS) is 35.3. The number of aliphatic hydroxyl groups excluding tert-OH is 1. The average molecular weight is 1190 g/mol. The van der Waals surface area contributed by atoms with E-state index < -0.39 is 123 Å². The van der Waals surface area contributed by atoms with Gasteiger partial charge in [0.05, 0.1) is 18.3 Å². The van der Waals surface area contributed by atoms with E-state index in [9.17, 15) is 62.8 Å². The molecule has 1 aliphatic carbocycles. The van der Waals surface area contributed by atoms with Gasteiger partial charge in [0.25, 0.3) is 11.7 Å². The quantitative estimate of drug-likeness (QED) is 0.0542. The standard InChI is InChI=1S/C59H88N2O19P2/c1-35-16-12-11-13-17-36(2)49(75-8)32-44-23-19-41(7)59(69,80-44)55(65)56(66)61-27-15-14-18-46(61)57(67)78-50(33-47(62)37(3)29-40(6)53(64)54(77-10)52(63)39(5)28-35)38(4)30-42-20-26-48(51(31-42)76-9)79-58(68)60-43-21-24-45(25-22-43)81(70,71)34-82(72,73)74/h11-13,16-17,21-22,24-25,29,35,37-39,41-42,44,46,48-51,53-54,64,69H,14-15,18-20,23,26-28,30-34H2,1-10H3,(H,60,68)(H,70,71)(H2,72,73,74)/b13-11+,16-12-,36-17+,40-29+/t35-,37-,38-,39-,41-,42+,44?,46+,48-,49+,50+,51-,53?,54+,59-/m1/s1. The maximum atomic E-state index is 14.6. The van der Waals surface area contributed by atoms with Gasteiger partial charge in [-0.1, -0.05) is 71.1 Å². The Morgan fingerprint density at radius 2 is 1.54 bits per heavy atom. The zero-order valence-electron chi connectivity index (χ0n) is 49.0. The molecule has 1 aromatic carbocycles. The molecule has 0 spiro atoms. The summed E-state index contributed by atoms with van der Waals surface area (Å²) in [6.45, 7) is 12.4. The number of aliphatic hydroxyl groups is 2. The van der Waals surface area contributed by atoms with Crippen molar-refractivity contribution in [2.24, 2.45) is 35.5 Å². The molecule has 4 aliphatic rings. The smallest absolute Gasteiger partial charge is 0.411 e. The molecule has 82 heavy (non-hydrogen) atoms. The summed E-state index contributed by atoms with van der Waals surface area (Å²) in [6, 6.07) is 3.73. The summed E-state index contributed by atoms with van der Waals surface area (Å²) in [7, 11) is -4.82. The summed E-state index contributed by atoms with van der Waals surface area (Å²) in [5.41, 5.74) is 1.36. The lowest BCUT2D eigenvalue weighted by atomic mass is 9.78. The number of rotatable bonds is 11. The molecule has 16 atom stereocenters.